The second kappa shape index (κ2) is 8.08. The van der Waals surface area contributed by atoms with Crippen LogP contribution in [0.4, 0.5) is 4.39 Å². The molecule has 7 heteroatoms. The molecular weight excluding hydrogens is 369 g/mol. The van der Waals surface area contributed by atoms with E-state index < -0.39 is 21.8 Å². The van der Waals surface area contributed by atoms with Gasteiger partial charge in [-0.05, 0) is 43.9 Å². The molecule has 0 heterocycles. The van der Waals surface area contributed by atoms with E-state index in [1.807, 2.05) is 0 Å². The van der Waals surface area contributed by atoms with Gasteiger partial charge in [-0.25, -0.2) is 4.39 Å². The summed E-state index contributed by atoms with van der Waals surface area (Å²) >= 11 is 0. The number of amides is 1. The Balaban J connectivity index is 1.87. The molecule has 1 aliphatic rings. The number of carbonyl (C=O) groups excluding carboxylic acids is 1. The van der Waals surface area contributed by atoms with Gasteiger partial charge < -0.3 is 9.08 Å². The summed E-state index contributed by atoms with van der Waals surface area (Å²) in [5.74, 6) is -0.537. The molecule has 0 bridgehead atoms. The van der Waals surface area contributed by atoms with Gasteiger partial charge in [0.15, 0.2) is 0 Å². The lowest BCUT2D eigenvalue weighted by molar-refractivity contribution is 0.0729. The molecule has 2 aromatic carbocycles. The SMILES string of the molecule is CCS(=O)(=O)Oc1ccccc1CN(CC1CC1)C(=O)c1ccccc1F. The molecule has 0 unspecified atom stereocenters. The van der Waals surface area contributed by atoms with E-state index in [2.05, 4.69) is 0 Å². The number of benzene rings is 2. The van der Waals surface area contributed by atoms with Crippen molar-refractivity contribution in [1.82, 2.24) is 4.90 Å². The highest BCUT2D eigenvalue weighted by atomic mass is 32.2. The van der Waals surface area contributed by atoms with Crippen LogP contribution < -0.4 is 4.18 Å². The minimum atomic E-state index is -3.68. The molecule has 0 aromatic heterocycles. The van der Waals surface area contributed by atoms with Crippen LogP contribution >= 0.6 is 0 Å². The molecule has 5 nitrogen and oxygen atoms in total. The van der Waals surface area contributed by atoms with Crippen LogP contribution in [-0.4, -0.2) is 31.5 Å². The number of hydrogen-bond acceptors (Lipinski definition) is 4. The Hall–Kier alpha value is -2.41. The molecule has 2 aromatic rings. The lowest BCUT2D eigenvalue weighted by Gasteiger charge is -2.24. The monoisotopic (exact) mass is 391 g/mol. The molecule has 3 rings (SSSR count). The van der Waals surface area contributed by atoms with Crippen LogP contribution in [0.5, 0.6) is 5.75 Å². The Morgan fingerprint density at radius 3 is 2.48 bits per heavy atom. The van der Waals surface area contributed by atoms with Gasteiger partial charge in [-0.1, -0.05) is 30.3 Å². The fraction of sp³-hybridized carbons (Fsp3) is 0.350. The summed E-state index contributed by atoms with van der Waals surface area (Å²) in [5.41, 5.74) is 0.581. The van der Waals surface area contributed by atoms with Crippen LogP contribution in [0.3, 0.4) is 0 Å². The molecule has 1 aliphatic carbocycles. The van der Waals surface area contributed by atoms with Gasteiger partial charge in [0.2, 0.25) is 0 Å². The standard InChI is InChI=1S/C20H22FNO4S/c1-2-27(24,25)26-19-10-6-3-7-16(19)14-22(13-15-11-12-15)20(23)17-8-4-5-9-18(17)21/h3-10,15H,2,11-14H2,1H3. The molecule has 1 amide bonds. The topological polar surface area (TPSA) is 63.7 Å². The molecule has 1 fully saturated rings. The zero-order valence-corrected chi connectivity index (χ0v) is 15.9. The Labute approximate surface area is 158 Å². The average molecular weight is 391 g/mol. The Bertz CT molecular complexity index is 925. The molecule has 27 heavy (non-hydrogen) atoms. The van der Waals surface area contributed by atoms with E-state index in [0.717, 1.165) is 12.8 Å². The van der Waals surface area contributed by atoms with E-state index >= 15 is 0 Å². The Morgan fingerprint density at radius 1 is 1.15 bits per heavy atom. The van der Waals surface area contributed by atoms with Crippen LogP contribution in [-0.2, 0) is 16.7 Å². The van der Waals surface area contributed by atoms with Gasteiger partial charge in [0, 0.05) is 18.7 Å². The minimum absolute atomic E-state index is 0.0118. The quantitative estimate of drug-likeness (QED) is 0.645. The van der Waals surface area contributed by atoms with Gasteiger partial charge in [-0.3, -0.25) is 4.79 Å². The van der Waals surface area contributed by atoms with Gasteiger partial charge in [0.1, 0.15) is 11.6 Å². The molecule has 0 saturated heterocycles. The first-order valence-corrected chi connectivity index (χ1v) is 10.5. The van der Waals surface area contributed by atoms with Gasteiger partial charge >= 0.3 is 10.1 Å². The molecule has 0 spiro atoms. The van der Waals surface area contributed by atoms with E-state index in [1.165, 1.54) is 25.1 Å². The van der Waals surface area contributed by atoms with Crippen LogP contribution in [0.25, 0.3) is 0 Å². The smallest absolute Gasteiger partial charge is 0.308 e. The summed E-state index contributed by atoms with van der Waals surface area (Å²) < 4.78 is 42.9. The fourth-order valence-corrected chi connectivity index (χ4v) is 3.31. The van der Waals surface area contributed by atoms with Crippen LogP contribution in [0.1, 0.15) is 35.7 Å². The van der Waals surface area contributed by atoms with E-state index in [9.17, 15) is 17.6 Å². The van der Waals surface area contributed by atoms with Gasteiger partial charge in [-0.15, -0.1) is 0 Å². The minimum Gasteiger partial charge on any atom is -0.382 e. The molecule has 0 atom stereocenters. The van der Waals surface area contributed by atoms with Crippen molar-refractivity contribution in [2.75, 3.05) is 12.3 Å². The van der Waals surface area contributed by atoms with E-state index in [-0.39, 0.29) is 23.6 Å². The highest BCUT2D eigenvalue weighted by Gasteiger charge is 2.29. The average Bonchev–Trinajstić information content (AvgIpc) is 3.46. The van der Waals surface area contributed by atoms with E-state index in [0.29, 0.717) is 18.0 Å². The lowest BCUT2D eigenvalue weighted by atomic mass is 10.1. The third-order valence-corrected chi connectivity index (χ3v) is 5.61. The largest absolute Gasteiger partial charge is 0.382 e. The third kappa shape index (κ3) is 5.07. The lowest BCUT2D eigenvalue weighted by Crippen LogP contribution is -2.33. The summed E-state index contributed by atoms with van der Waals surface area (Å²) in [6.07, 6.45) is 2.06. The van der Waals surface area contributed by atoms with Gasteiger partial charge in [-0.2, -0.15) is 8.42 Å². The van der Waals surface area contributed by atoms with Crippen LogP contribution in [0.2, 0.25) is 0 Å². The maximum Gasteiger partial charge on any atom is 0.308 e. The predicted octanol–water partition coefficient (Wildman–Crippen LogP) is 3.61. The number of carbonyl (C=O) groups is 1. The highest BCUT2D eigenvalue weighted by Crippen LogP contribution is 2.32. The van der Waals surface area contributed by atoms with Crippen molar-refractivity contribution in [2.45, 2.75) is 26.3 Å². The molecule has 0 aliphatic heterocycles. The fourth-order valence-electron chi connectivity index (χ4n) is 2.75. The summed E-state index contributed by atoms with van der Waals surface area (Å²) in [5, 5.41) is 0. The molecule has 144 valence electrons. The number of nitrogens with zero attached hydrogens (tertiary/aromatic N) is 1. The third-order valence-electron chi connectivity index (χ3n) is 4.47. The predicted molar refractivity (Wildman–Crippen MR) is 100 cm³/mol. The van der Waals surface area contributed by atoms with Gasteiger partial charge in [0.25, 0.3) is 5.91 Å². The summed E-state index contributed by atoms with van der Waals surface area (Å²) in [6, 6.07) is 12.6. The normalized spacial score (nSPS) is 14.0. The van der Waals surface area contributed by atoms with Crippen molar-refractivity contribution in [2.24, 2.45) is 5.92 Å². The van der Waals surface area contributed by atoms with E-state index in [1.54, 1.807) is 35.2 Å². The first-order chi connectivity index (χ1) is 12.9. The second-order valence-electron chi connectivity index (χ2n) is 6.65. The van der Waals surface area contributed by atoms with Crippen molar-refractivity contribution < 1.29 is 21.8 Å². The van der Waals surface area contributed by atoms with Crippen molar-refractivity contribution in [3.05, 3.63) is 65.5 Å². The molecular formula is C20H22FNO4S. The molecule has 0 radical (unpaired) electrons. The molecule has 0 N–H and O–H groups in total. The number of halogens is 1. The first-order valence-electron chi connectivity index (χ1n) is 8.93. The Kier molecular flexibility index (Phi) is 5.79. The van der Waals surface area contributed by atoms with Gasteiger partial charge in [0.05, 0.1) is 11.3 Å². The van der Waals surface area contributed by atoms with Crippen molar-refractivity contribution >= 4 is 16.0 Å². The maximum absolute atomic E-state index is 14.1. The van der Waals surface area contributed by atoms with E-state index in [4.69, 9.17) is 4.18 Å². The zero-order chi connectivity index (χ0) is 19.4. The second-order valence-corrected chi connectivity index (χ2v) is 8.51. The highest BCUT2D eigenvalue weighted by molar-refractivity contribution is 7.87. The van der Waals surface area contributed by atoms with Crippen molar-refractivity contribution in [1.29, 1.82) is 0 Å². The van der Waals surface area contributed by atoms with Crippen LogP contribution in [0, 0.1) is 11.7 Å². The summed E-state index contributed by atoms with van der Waals surface area (Å²) in [6.45, 7) is 2.15. The zero-order valence-electron chi connectivity index (χ0n) is 15.1. The number of hydrogen-bond donors (Lipinski definition) is 0. The number of para-hydroxylation sites is 1. The summed E-state index contributed by atoms with van der Waals surface area (Å²) in [4.78, 5) is 14.5. The number of rotatable bonds is 8. The molecule has 1 saturated carbocycles. The van der Waals surface area contributed by atoms with Crippen LogP contribution in [0.15, 0.2) is 48.5 Å². The Morgan fingerprint density at radius 2 is 1.81 bits per heavy atom. The maximum atomic E-state index is 14.1. The van der Waals surface area contributed by atoms with Crippen molar-refractivity contribution in [3.8, 4) is 5.75 Å². The van der Waals surface area contributed by atoms with Crippen molar-refractivity contribution in [3.63, 3.8) is 0 Å². The first kappa shape index (κ1) is 19.4. The summed E-state index contributed by atoms with van der Waals surface area (Å²) in [7, 11) is -3.68.